The average molecular weight is 281 g/mol. The number of anilines is 1. The van der Waals surface area contributed by atoms with Crippen molar-refractivity contribution >= 4 is 11.8 Å². The highest BCUT2D eigenvalue weighted by atomic mass is 16.5. The highest BCUT2D eigenvalue weighted by molar-refractivity contribution is 5.68. The maximum Gasteiger partial charge on any atom is 0.305 e. The van der Waals surface area contributed by atoms with Gasteiger partial charge >= 0.3 is 5.97 Å². The van der Waals surface area contributed by atoms with Crippen molar-refractivity contribution in [2.75, 3.05) is 11.9 Å². The molecule has 0 bridgehead atoms. The summed E-state index contributed by atoms with van der Waals surface area (Å²) in [7, 11) is 0. The van der Waals surface area contributed by atoms with Gasteiger partial charge in [-0.05, 0) is 11.8 Å². The Labute approximate surface area is 119 Å². The monoisotopic (exact) mass is 281 g/mol. The van der Waals surface area contributed by atoms with E-state index in [-0.39, 0.29) is 17.9 Å². The topological polar surface area (TPSA) is 84.3 Å². The van der Waals surface area contributed by atoms with Crippen LogP contribution in [-0.4, -0.2) is 33.7 Å². The van der Waals surface area contributed by atoms with E-state index >= 15 is 0 Å². The molecule has 2 N–H and O–H groups in total. The third-order valence-electron chi connectivity index (χ3n) is 2.81. The molecule has 1 atom stereocenters. The van der Waals surface area contributed by atoms with Gasteiger partial charge in [-0.15, -0.1) is 0 Å². The first-order valence-corrected chi connectivity index (χ1v) is 6.76. The van der Waals surface area contributed by atoms with E-state index < -0.39 is 5.97 Å². The van der Waals surface area contributed by atoms with E-state index in [1.54, 1.807) is 12.4 Å². The van der Waals surface area contributed by atoms with Crippen LogP contribution in [0.15, 0.2) is 12.4 Å². The summed E-state index contributed by atoms with van der Waals surface area (Å²) in [5, 5.41) is 12.1. The number of carboxylic acid groups (broad SMARTS) is 1. The number of hydrogen-bond acceptors (Lipinski definition) is 5. The molecule has 112 valence electrons. The number of aromatic nitrogens is 2. The molecule has 0 fully saturated rings. The Kier molecular flexibility index (Phi) is 5.73. The second kappa shape index (κ2) is 7.07. The maximum atomic E-state index is 11.0. The molecule has 0 amide bonds. The van der Waals surface area contributed by atoms with Gasteiger partial charge in [-0.1, -0.05) is 27.7 Å². The summed E-state index contributed by atoms with van der Waals surface area (Å²) >= 11 is 0. The van der Waals surface area contributed by atoms with E-state index in [0.29, 0.717) is 18.3 Å². The maximum absolute atomic E-state index is 11.0. The van der Waals surface area contributed by atoms with Crippen LogP contribution in [0.25, 0.3) is 0 Å². The fourth-order valence-corrected chi connectivity index (χ4v) is 1.62. The van der Waals surface area contributed by atoms with Crippen molar-refractivity contribution in [2.24, 2.45) is 5.41 Å². The van der Waals surface area contributed by atoms with Crippen LogP contribution in [0, 0.1) is 5.41 Å². The molecule has 0 aliphatic rings. The molecule has 1 unspecified atom stereocenters. The summed E-state index contributed by atoms with van der Waals surface area (Å²) in [5.74, 6) is 0.128. The Balaban J connectivity index is 2.80. The second-order valence-corrected chi connectivity index (χ2v) is 5.75. The van der Waals surface area contributed by atoms with Crippen molar-refractivity contribution in [1.82, 2.24) is 9.97 Å². The van der Waals surface area contributed by atoms with Crippen LogP contribution >= 0.6 is 0 Å². The number of ether oxygens (including phenoxy) is 1. The Morgan fingerprint density at radius 2 is 2.15 bits per heavy atom. The lowest BCUT2D eigenvalue weighted by Crippen LogP contribution is -2.36. The van der Waals surface area contributed by atoms with Crippen LogP contribution in [0.4, 0.5) is 5.82 Å². The summed E-state index contributed by atoms with van der Waals surface area (Å²) in [4.78, 5) is 19.3. The zero-order chi connectivity index (χ0) is 15.2. The Hall–Kier alpha value is -1.85. The molecule has 1 rings (SSSR count). The zero-order valence-corrected chi connectivity index (χ0v) is 12.5. The minimum atomic E-state index is -0.844. The standard InChI is InChI=1S/C14H23N3O3/c1-5-6-20-12-9-15-8-11(17-12)16-10(7-13(18)19)14(2,3)4/h8-10H,5-7H2,1-4H3,(H,16,17)(H,18,19). The Morgan fingerprint density at radius 1 is 1.45 bits per heavy atom. The molecule has 6 heteroatoms. The van der Waals surface area contributed by atoms with Gasteiger partial charge in [0.15, 0.2) is 0 Å². The summed E-state index contributed by atoms with van der Waals surface area (Å²) in [6, 6.07) is -0.240. The lowest BCUT2D eigenvalue weighted by molar-refractivity contribution is -0.137. The SMILES string of the molecule is CCCOc1cncc(NC(CC(=O)O)C(C)(C)C)n1. The molecule has 1 aromatic rings. The average Bonchev–Trinajstić information content (AvgIpc) is 2.34. The van der Waals surface area contributed by atoms with E-state index in [9.17, 15) is 4.79 Å². The minimum Gasteiger partial charge on any atom is -0.481 e. The van der Waals surface area contributed by atoms with Gasteiger partial charge in [0.1, 0.15) is 5.82 Å². The van der Waals surface area contributed by atoms with Gasteiger partial charge < -0.3 is 15.2 Å². The molecule has 20 heavy (non-hydrogen) atoms. The largest absolute Gasteiger partial charge is 0.481 e. The van der Waals surface area contributed by atoms with Gasteiger partial charge in [-0.25, -0.2) is 0 Å². The van der Waals surface area contributed by atoms with Crippen LogP contribution < -0.4 is 10.1 Å². The Morgan fingerprint density at radius 3 is 2.70 bits per heavy atom. The molecule has 6 nitrogen and oxygen atoms in total. The van der Waals surface area contributed by atoms with E-state index in [1.807, 2.05) is 27.7 Å². The van der Waals surface area contributed by atoms with Crippen LogP contribution in [0.1, 0.15) is 40.5 Å². The molecular formula is C14H23N3O3. The van der Waals surface area contributed by atoms with Crippen LogP contribution in [-0.2, 0) is 4.79 Å². The van der Waals surface area contributed by atoms with Gasteiger partial charge in [0.25, 0.3) is 0 Å². The summed E-state index contributed by atoms with van der Waals surface area (Å²) < 4.78 is 5.41. The van der Waals surface area contributed by atoms with Crippen LogP contribution in [0.2, 0.25) is 0 Å². The fraction of sp³-hybridized carbons (Fsp3) is 0.643. The number of aliphatic carboxylic acids is 1. The van der Waals surface area contributed by atoms with Gasteiger partial charge in [0.05, 0.1) is 25.4 Å². The summed E-state index contributed by atoms with van der Waals surface area (Å²) in [6.07, 6.45) is 4.03. The van der Waals surface area contributed by atoms with Crippen LogP contribution in [0.5, 0.6) is 5.88 Å². The minimum absolute atomic E-state index is 0.0191. The van der Waals surface area contributed by atoms with Crippen molar-refractivity contribution in [3.63, 3.8) is 0 Å². The molecule has 0 saturated heterocycles. The first-order valence-electron chi connectivity index (χ1n) is 6.76. The van der Waals surface area contributed by atoms with Crippen molar-refractivity contribution in [2.45, 2.75) is 46.6 Å². The lowest BCUT2D eigenvalue weighted by Gasteiger charge is -2.30. The first-order chi connectivity index (χ1) is 9.32. The van der Waals surface area contributed by atoms with Gasteiger partial charge in [0, 0.05) is 6.04 Å². The quantitative estimate of drug-likeness (QED) is 0.799. The van der Waals surface area contributed by atoms with E-state index in [2.05, 4.69) is 15.3 Å². The number of nitrogens with one attached hydrogen (secondary N) is 1. The summed E-state index contributed by atoms with van der Waals surface area (Å²) in [5.41, 5.74) is -0.208. The highest BCUT2D eigenvalue weighted by Gasteiger charge is 2.27. The predicted molar refractivity (Wildman–Crippen MR) is 76.9 cm³/mol. The van der Waals surface area contributed by atoms with Crippen molar-refractivity contribution in [1.29, 1.82) is 0 Å². The third kappa shape index (κ3) is 5.42. The third-order valence-corrected chi connectivity index (χ3v) is 2.81. The second-order valence-electron chi connectivity index (χ2n) is 5.75. The number of nitrogens with zero attached hydrogens (tertiary/aromatic N) is 2. The molecule has 0 aliphatic heterocycles. The normalized spacial score (nSPS) is 12.8. The zero-order valence-electron chi connectivity index (χ0n) is 12.5. The molecular weight excluding hydrogens is 258 g/mol. The summed E-state index contributed by atoms with van der Waals surface area (Å²) in [6.45, 7) is 8.55. The molecule has 0 aliphatic carbocycles. The van der Waals surface area contributed by atoms with Gasteiger partial charge in [-0.2, -0.15) is 4.98 Å². The molecule has 1 heterocycles. The highest BCUT2D eigenvalue weighted by Crippen LogP contribution is 2.25. The Bertz CT molecular complexity index is 444. The molecule has 0 saturated carbocycles. The lowest BCUT2D eigenvalue weighted by atomic mass is 9.85. The molecule has 1 aromatic heterocycles. The number of carbonyl (C=O) groups is 1. The number of hydrogen-bond donors (Lipinski definition) is 2. The van der Waals surface area contributed by atoms with E-state index in [4.69, 9.17) is 9.84 Å². The van der Waals surface area contributed by atoms with Crippen molar-refractivity contribution in [3.8, 4) is 5.88 Å². The number of carboxylic acids is 1. The van der Waals surface area contributed by atoms with Gasteiger partial charge in [-0.3, -0.25) is 9.78 Å². The van der Waals surface area contributed by atoms with Crippen LogP contribution in [0.3, 0.4) is 0 Å². The predicted octanol–water partition coefficient (Wildman–Crippen LogP) is 2.57. The first kappa shape index (κ1) is 16.2. The molecule has 0 aromatic carbocycles. The molecule has 0 radical (unpaired) electrons. The van der Waals surface area contributed by atoms with E-state index in [0.717, 1.165) is 6.42 Å². The fourth-order valence-electron chi connectivity index (χ4n) is 1.62. The van der Waals surface area contributed by atoms with E-state index in [1.165, 1.54) is 0 Å². The molecule has 0 spiro atoms. The van der Waals surface area contributed by atoms with Crippen molar-refractivity contribution in [3.05, 3.63) is 12.4 Å². The smallest absolute Gasteiger partial charge is 0.305 e. The van der Waals surface area contributed by atoms with Crippen molar-refractivity contribution < 1.29 is 14.6 Å². The number of rotatable bonds is 7. The van der Waals surface area contributed by atoms with Gasteiger partial charge in [0.2, 0.25) is 5.88 Å².